The van der Waals surface area contributed by atoms with Crippen molar-refractivity contribution in [3.8, 4) is 17.1 Å². The number of rotatable bonds is 8. The van der Waals surface area contributed by atoms with E-state index >= 15 is 0 Å². The fourth-order valence-electron chi connectivity index (χ4n) is 7.99. The third kappa shape index (κ3) is 4.90. The number of anilines is 1. The van der Waals surface area contributed by atoms with Crippen molar-refractivity contribution in [2.24, 2.45) is 10.8 Å². The van der Waals surface area contributed by atoms with Crippen LogP contribution in [0.5, 0.6) is 5.75 Å². The highest BCUT2D eigenvalue weighted by molar-refractivity contribution is 6.00. The van der Waals surface area contributed by atoms with E-state index in [0.29, 0.717) is 23.5 Å². The molecule has 0 saturated heterocycles. The number of nitrogens with zero attached hydrogens (tertiary/aromatic N) is 4. The summed E-state index contributed by atoms with van der Waals surface area (Å²) in [5, 5.41) is 0. The van der Waals surface area contributed by atoms with Crippen LogP contribution in [0.4, 0.5) is 32.0 Å². The molecule has 0 unspecified atom stereocenters. The molecule has 0 aliphatic heterocycles. The first kappa shape index (κ1) is 29.0. The van der Waals surface area contributed by atoms with Crippen molar-refractivity contribution < 1.29 is 35.9 Å². The molecule has 1 amide bonds. The molecule has 6 aliphatic rings. The number of ether oxygens (including phenoxy) is 1. The van der Waals surface area contributed by atoms with Crippen molar-refractivity contribution in [3.05, 3.63) is 66.2 Å². The van der Waals surface area contributed by atoms with Gasteiger partial charge in [0.05, 0.1) is 23.4 Å². The number of pyridine rings is 1. The van der Waals surface area contributed by atoms with E-state index in [0.717, 1.165) is 63.2 Å². The molecule has 4 bridgehead atoms. The van der Waals surface area contributed by atoms with Gasteiger partial charge in [0.15, 0.2) is 11.6 Å². The molecule has 232 valence electrons. The lowest BCUT2D eigenvalue weighted by Crippen LogP contribution is -2.71. The molecule has 6 fully saturated rings. The Labute approximate surface area is 249 Å². The van der Waals surface area contributed by atoms with Gasteiger partial charge in [-0.25, -0.2) is 14.4 Å². The number of alkyl halides is 6. The summed E-state index contributed by atoms with van der Waals surface area (Å²) in [5.74, 6) is 0.00475. The van der Waals surface area contributed by atoms with Gasteiger partial charge in [-0.3, -0.25) is 9.78 Å². The summed E-state index contributed by atoms with van der Waals surface area (Å²) in [4.78, 5) is 28.4. The van der Waals surface area contributed by atoms with Gasteiger partial charge in [-0.1, -0.05) is 12.1 Å². The fourth-order valence-corrected chi connectivity index (χ4v) is 7.99. The largest absolute Gasteiger partial charge is 0.432 e. The van der Waals surface area contributed by atoms with Crippen LogP contribution >= 0.6 is 0 Å². The van der Waals surface area contributed by atoms with Crippen molar-refractivity contribution in [1.82, 2.24) is 15.0 Å². The number of benzene rings is 1. The quantitative estimate of drug-likeness (QED) is 0.243. The Morgan fingerprint density at radius 2 is 1.57 bits per heavy atom. The monoisotopic (exact) mass is 616 g/mol. The van der Waals surface area contributed by atoms with Gasteiger partial charge in [0.2, 0.25) is 5.91 Å². The topological polar surface area (TPSA) is 68.2 Å². The van der Waals surface area contributed by atoms with Crippen LogP contribution in [0.15, 0.2) is 55.0 Å². The van der Waals surface area contributed by atoms with Crippen LogP contribution in [0.2, 0.25) is 0 Å². The predicted octanol–water partition coefficient (Wildman–Crippen LogP) is 7.68. The lowest BCUT2D eigenvalue weighted by molar-refractivity contribution is -0.211. The number of carbonyl (C=O) groups excluding carboxylic acids is 1. The Morgan fingerprint density at radius 1 is 0.909 bits per heavy atom. The smallest absolute Gasteiger partial charge is 0.417 e. The molecule has 9 rings (SSSR count). The van der Waals surface area contributed by atoms with E-state index in [4.69, 9.17) is 0 Å². The maximum Gasteiger partial charge on any atom is 0.417 e. The molecule has 0 atom stereocenters. The van der Waals surface area contributed by atoms with Crippen LogP contribution in [0, 0.1) is 10.8 Å². The van der Waals surface area contributed by atoms with E-state index in [1.165, 1.54) is 6.07 Å². The summed E-state index contributed by atoms with van der Waals surface area (Å²) < 4.78 is 83.3. The molecule has 2 heterocycles. The fraction of sp³-hybridized carbons (Fsp3) is 0.500. The Hall–Kier alpha value is -3.70. The lowest BCUT2D eigenvalue weighted by atomic mass is 9.41. The summed E-state index contributed by atoms with van der Waals surface area (Å²) in [6.45, 7) is -2.56. The zero-order valence-corrected chi connectivity index (χ0v) is 23.7. The van der Waals surface area contributed by atoms with E-state index in [2.05, 4.69) is 19.7 Å². The first-order valence-electron chi connectivity index (χ1n) is 14.7. The third-order valence-corrected chi connectivity index (χ3v) is 10.5. The van der Waals surface area contributed by atoms with E-state index in [1.54, 1.807) is 23.1 Å². The summed E-state index contributed by atoms with van der Waals surface area (Å²) in [7, 11) is 0. The summed E-state index contributed by atoms with van der Waals surface area (Å²) in [6, 6.07) is 9.76. The molecule has 0 N–H and O–H groups in total. The van der Waals surface area contributed by atoms with Gasteiger partial charge in [-0.05, 0) is 87.5 Å². The molecule has 12 heteroatoms. The molecule has 3 aromatic rings. The number of hydrogen-bond acceptors (Lipinski definition) is 5. The van der Waals surface area contributed by atoms with Gasteiger partial charge in [-0.15, -0.1) is 0 Å². The number of hydrogen-bond donors (Lipinski definition) is 0. The Morgan fingerprint density at radius 3 is 2.11 bits per heavy atom. The molecule has 6 nitrogen and oxygen atoms in total. The van der Waals surface area contributed by atoms with Crippen LogP contribution in [-0.2, 0) is 16.4 Å². The van der Waals surface area contributed by atoms with E-state index in [9.17, 15) is 31.1 Å². The van der Waals surface area contributed by atoms with Gasteiger partial charge in [-0.2, -0.15) is 22.0 Å². The molecule has 6 saturated carbocycles. The van der Waals surface area contributed by atoms with Crippen LogP contribution in [0.3, 0.4) is 0 Å². The average molecular weight is 617 g/mol. The summed E-state index contributed by atoms with van der Waals surface area (Å²) >= 11 is 0. The highest BCUT2D eigenvalue weighted by Gasteiger charge is 2.73. The van der Waals surface area contributed by atoms with Crippen LogP contribution in [0.25, 0.3) is 11.4 Å². The second kappa shape index (κ2) is 9.90. The van der Waals surface area contributed by atoms with Crippen LogP contribution < -0.4 is 9.64 Å². The molecular formula is C32H30F6N4O2. The summed E-state index contributed by atoms with van der Waals surface area (Å²) in [5.41, 5.74) is -1.30. The van der Waals surface area contributed by atoms with Crippen molar-refractivity contribution >= 4 is 11.6 Å². The summed E-state index contributed by atoms with van der Waals surface area (Å²) in [6.07, 6.45) is 4.09. The average Bonchev–Trinajstić information content (AvgIpc) is 2.98. The van der Waals surface area contributed by atoms with Crippen molar-refractivity contribution in [2.45, 2.75) is 81.7 Å². The Bertz CT molecular complexity index is 1530. The minimum absolute atomic E-state index is 0.100. The van der Waals surface area contributed by atoms with Crippen LogP contribution in [-0.4, -0.2) is 39.7 Å². The SMILES string of the molecule is O=C(N(CC12CCC(c3ccc(C(F)(F)F)cn3)(CC1)CC2)c1cccc(-c2ncc(OC(F)F)cn2)c1)C12CC(F)(C1)C2. The normalized spacial score (nSPS) is 30.4. The second-order valence-corrected chi connectivity index (χ2v) is 13.2. The minimum Gasteiger partial charge on any atom is -0.432 e. The zero-order chi connectivity index (χ0) is 31.0. The number of fused-ring (bicyclic) bond motifs is 3. The van der Waals surface area contributed by atoms with Crippen LogP contribution in [0.1, 0.15) is 69.0 Å². The van der Waals surface area contributed by atoms with Crippen molar-refractivity contribution in [3.63, 3.8) is 0 Å². The minimum atomic E-state index is -4.44. The molecule has 44 heavy (non-hydrogen) atoms. The second-order valence-electron chi connectivity index (χ2n) is 13.2. The predicted molar refractivity (Wildman–Crippen MR) is 148 cm³/mol. The van der Waals surface area contributed by atoms with Gasteiger partial charge >= 0.3 is 12.8 Å². The highest BCUT2D eigenvalue weighted by Crippen LogP contribution is 2.70. The van der Waals surface area contributed by atoms with Crippen molar-refractivity contribution in [2.75, 3.05) is 11.4 Å². The van der Waals surface area contributed by atoms with Crippen molar-refractivity contribution in [1.29, 1.82) is 0 Å². The number of halogens is 6. The molecular weight excluding hydrogens is 586 g/mol. The standard InChI is InChI=1S/C32H30F6N4O2/c33-27(34)44-23-14-40-25(41-15-23)20-2-1-3-22(12-20)42(26(43)30-16-31(35,17-30)18-30)19-28-6-9-29(10-7-28,11-8-28)24-5-4-21(13-39-24)32(36,37)38/h1-5,12-15,27H,6-11,16-19H2. The Balaban J connectivity index is 1.13. The first-order chi connectivity index (χ1) is 20.8. The first-order valence-corrected chi connectivity index (χ1v) is 14.7. The van der Waals surface area contributed by atoms with Gasteiger partial charge in [0.1, 0.15) is 5.67 Å². The molecule has 1 aromatic carbocycles. The van der Waals surface area contributed by atoms with E-state index in [-0.39, 0.29) is 47.6 Å². The molecule has 2 aromatic heterocycles. The van der Waals surface area contributed by atoms with Gasteiger partial charge < -0.3 is 9.64 Å². The number of carbonyl (C=O) groups is 1. The number of aromatic nitrogens is 3. The Kier molecular flexibility index (Phi) is 6.53. The third-order valence-electron chi connectivity index (χ3n) is 10.5. The van der Waals surface area contributed by atoms with E-state index < -0.39 is 29.4 Å². The molecule has 0 spiro atoms. The maximum atomic E-state index is 14.5. The van der Waals surface area contributed by atoms with Gasteiger partial charge in [0.25, 0.3) is 0 Å². The lowest BCUT2D eigenvalue weighted by Gasteiger charge is -2.65. The zero-order valence-electron chi connectivity index (χ0n) is 23.7. The molecule has 0 radical (unpaired) electrons. The maximum absolute atomic E-state index is 14.5. The molecule has 6 aliphatic carbocycles. The van der Waals surface area contributed by atoms with Gasteiger partial charge in [0, 0.05) is 35.1 Å². The highest BCUT2D eigenvalue weighted by atomic mass is 19.4. The van der Waals surface area contributed by atoms with E-state index in [1.807, 2.05) is 6.07 Å². The number of amides is 1.